The molecule has 0 heterocycles. The maximum Gasteiger partial charge on any atom is 0.407 e. The number of nitrogens with one attached hydrogen (secondary N) is 4. The highest BCUT2D eigenvalue weighted by atomic mass is 16.5. The molecule has 0 saturated heterocycles. The van der Waals surface area contributed by atoms with Gasteiger partial charge in [0.05, 0.1) is 13.2 Å². The quantitative estimate of drug-likeness (QED) is 0.186. The summed E-state index contributed by atoms with van der Waals surface area (Å²) in [5.74, 6) is 2.14. The van der Waals surface area contributed by atoms with E-state index < -0.39 is 6.09 Å². The van der Waals surface area contributed by atoms with E-state index >= 15 is 0 Å². The molecule has 0 spiro atoms. The van der Waals surface area contributed by atoms with Crippen LogP contribution in [0.2, 0.25) is 0 Å². The Morgan fingerprint density at radius 2 is 1.02 bits per heavy atom. The lowest BCUT2D eigenvalue weighted by atomic mass is 9.98. The zero-order valence-electron chi connectivity index (χ0n) is 27.9. The van der Waals surface area contributed by atoms with Crippen LogP contribution >= 0.6 is 0 Å². The van der Waals surface area contributed by atoms with Gasteiger partial charge in [-0.15, -0.1) is 0 Å². The van der Waals surface area contributed by atoms with Crippen LogP contribution in [0.15, 0.2) is 0 Å². The first-order valence-corrected chi connectivity index (χ1v) is 15.3. The minimum Gasteiger partial charge on any atom is -0.449 e. The number of amides is 4. The second-order valence-corrected chi connectivity index (χ2v) is 11.9. The van der Waals surface area contributed by atoms with Gasteiger partial charge in [0.2, 0.25) is 17.7 Å². The van der Waals surface area contributed by atoms with Gasteiger partial charge in [-0.25, -0.2) is 4.79 Å². The molecule has 40 heavy (non-hydrogen) atoms. The van der Waals surface area contributed by atoms with Gasteiger partial charge in [0.1, 0.15) is 6.54 Å². The van der Waals surface area contributed by atoms with E-state index in [1.165, 1.54) is 19.3 Å². The molecule has 0 aromatic heterocycles. The van der Waals surface area contributed by atoms with Crippen molar-refractivity contribution in [2.45, 2.75) is 134 Å². The summed E-state index contributed by atoms with van der Waals surface area (Å²) in [5, 5.41) is 10.4. The monoisotopic (exact) mass is 572 g/mol. The van der Waals surface area contributed by atoms with Crippen molar-refractivity contribution in [3.63, 3.8) is 0 Å². The van der Waals surface area contributed by atoms with Crippen LogP contribution in [0.5, 0.6) is 0 Å². The summed E-state index contributed by atoms with van der Waals surface area (Å²) in [4.78, 5) is 44.8. The van der Waals surface area contributed by atoms with Crippen molar-refractivity contribution in [2.24, 2.45) is 23.7 Å². The van der Waals surface area contributed by atoms with Crippen LogP contribution in [-0.4, -0.2) is 55.6 Å². The molecule has 0 saturated carbocycles. The minimum absolute atomic E-state index is 0.0441. The number of hydrogen-bond acceptors (Lipinski definition) is 5. The molecule has 4 amide bonds. The Morgan fingerprint density at radius 3 is 1.43 bits per heavy atom. The number of alkyl carbamates (subject to hydrolysis) is 1. The minimum atomic E-state index is -0.542. The van der Waals surface area contributed by atoms with Gasteiger partial charge < -0.3 is 26.0 Å². The van der Waals surface area contributed by atoms with Gasteiger partial charge in [-0.1, -0.05) is 87.5 Å². The molecule has 0 rings (SSSR count). The smallest absolute Gasteiger partial charge is 0.407 e. The van der Waals surface area contributed by atoms with Crippen molar-refractivity contribution in [3.05, 3.63) is 0 Å². The maximum absolute atomic E-state index is 11.3. The molecule has 0 aliphatic heterocycles. The van der Waals surface area contributed by atoms with E-state index in [1.807, 2.05) is 55.4 Å². The van der Waals surface area contributed by atoms with E-state index in [1.54, 1.807) is 0 Å². The largest absolute Gasteiger partial charge is 0.449 e. The van der Waals surface area contributed by atoms with Gasteiger partial charge in [0.15, 0.2) is 0 Å². The first kappa shape index (κ1) is 42.2. The second kappa shape index (κ2) is 26.9. The van der Waals surface area contributed by atoms with Gasteiger partial charge in [-0.05, 0) is 51.4 Å². The molecule has 3 unspecified atom stereocenters. The fourth-order valence-corrected chi connectivity index (χ4v) is 2.82. The van der Waals surface area contributed by atoms with Gasteiger partial charge in [-0.2, -0.15) is 0 Å². The number of rotatable bonds is 16. The maximum atomic E-state index is 11.3. The average Bonchev–Trinajstić information content (AvgIpc) is 2.87. The first-order valence-electron chi connectivity index (χ1n) is 15.3. The standard InChI is InChI=1S/C11H22N2O3.C11H22N2O2.C9H20/c1-5-9(4)7-16-11(15)12-6-10(14)13-8(2)3;1-5-9(4)6-10(14)12-7-11(15)13-8(2)3;1-5-9(4)7-6-8(2)3/h8-9H,5-7H2,1-4H3,(H,12,15)(H,13,14);8-9H,5-7H2,1-4H3,(H,12,14)(H,13,15);8-9H,5-7H2,1-4H3. The zero-order chi connectivity index (χ0) is 31.7. The van der Waals surface area contributed by atoms with Crippen LogP contribution in [-0.2, 0) is 19.1 Å². The van der Waals surface area contributed by atoms with E-state index in [9.17, 15) is 19.2 Å². The second-order valence-electron chi connectivity index (χ2n) is 11.9. The number of carbonyl (C=O) groups is 4. The van der Waals surface area contributed by atoms with Crippen molar-refractivity contribution in [3.8, 4) is 0 Å². The van der Waals surface area contributed by atoms with E-state index in [-0.39, 0.29) is 42.9 Å². The van der Waals surface area contributed by atoms with Gasteiger partial charge in [0, 0.05) is 18.5 Å². The van der Waals surface area contributed by atoms with Crippen molar-refractivity contribution in [1.82, 2.24) is 21.3 Å². The van der Waals surface area contributed by atoms with E-state index in [4.69, 9.17) is 4.74 Å². The molecule has 0 bridgehead atoms. The molecule has 0 radical (unpaired) electrons. The molecule has 0 aliphatic carbocycles. The molecule has 4 N–H and O–H groups in total. The average molecular weight is 573 g/mol. The number of hydrogen-bond donors (Lipinski definition) is 4. The Labute approximate surface area is 246 Å². The van der Waals surface area contributed by atoms with Crippen LogP contribution in [0.4, 0.5) is 4.79 Å². The fraction of sp³-hybridized carbons (Fsp3) is 0.871. The van der Waals surface area contributed by atoms with Crippen LogP contribution in [0.3, 0.4) is 0 Å². The summed E-state index contributed by atoms with van der Waals surface area (Å²) < 4.78 is 4.92. The molecule has 0 aromatic carbocycles. The van der Waals surface area contributed by atoms with Gasteiger partial charge >= 0.3 is 6.09 Å². The predicted octanol–water partition coefficient (Wildman–Crippen LogP) is 5.82. The van der Waals surface area contributed by atoms with Crippen LogP contribution in [0, 0.1) is 23.7 Å². The molecule has 3 atom stereocenters. The van der Waals surface area contributed by atoms with Crippen molar-refractivity contribution in [1.29, 1.82) is 0 Å². The normalized spacial score (nSPS) is 12.7. The molecular formula is C31H64N4O5. The number of ether oxygens (including phenoxy) is 1. The third-order valence-corrected chi connectivity index (χ3v) is 6.10. The lowest BCUT2D eigenvalue weighted by molar-refractivity contribution is -0.126. The highest BCUT2D eigenvalue weighted by Crippen LogP contribution is 2.13. The highest BCUT2D eigenvalue weighted by molar-refractivity contribution is 5.84. The molecular weight excluding hydrogens is 508 g/mol. The van der Waals surface area contributed by atoms with Crippen LogP contribution in [0.25, 0.3) is 0 Å². The summed E-state index contributed by atoms with van der Waals surface area (Å²) in [7, 11) is 0. The third-order valence-electron chi connectivity index (χ3n) is 6.10. The molecule has 9 nitrogen and oxygen atoms in total. The van der Waals surface area contributed by atoms with E-state index in [0.717, 1.165) is 24.7 Å². The van der Waals surface area contributed by atoms with Crippen LogP contribution < -0.4 is 21.3 Å². The Kier molecular flexibility index (Phi) is 28.3. The molecule has 0 aliphatic rings. The Bertz CT molecular complexity index is 668. The summed E-state index contributed by atoms with van der Waals surface area (Å²) >= 11 is 0. The van der Waals surface area contributed by atoms with E-state index in [2.05, 4.69) is 49.0 Å². The Morgan fingerprint density at radius 1 is 0.575 bits per heavy atom. The summed E-state index contributed by atoms with van der Waals surface area (Å²) in [6, 6.07) is 0.189. The fourth-order valence-electron chi connectivity index (χ4n) is 2.82. The SMILES string of the molecule is CCC(C)CC(=O)NCC(=O)NC(C)C.CCC(C)CCC(C)C.CCC(C)COC(=O)NCC(=O)NC(C)C. The molecule has 0 fully saturated rings. The molecule has 9 heteroatoms. The van der Waals surface area contributed by atoms with Crippen molar-refractivity contribution < 1.29 is 23.9 Å². The Hall–Kier alpha value is -2.32. The van der Waals surface area contributed by atoms with Gasteiger partial charge in [-0.3, -0.25) is 14.4 Å². The first-order chi connectivity index (χ1) is 18.6. The van der Waals surface area contributed by atoms with Crippen LogP contribution in [0.1, 0.15) is 122 Å². The van der Waals surface area contributed by atoms with Gasteiger partial charge in [0.25, 0.3) is 0 Å². The lowest BCUT2D eigenvalue weighted by Gasteiger charge is -2.11. The Balaban J connectivity index is -0.000000534. The predicted molar refractivity (Wildman–Crippen MR) is 166 cm³/mol. The topological polar surface area (TPSA) is 126 Å². The van der Waals surface area contributed by atoms with Crippen molar-refractivity contribution in [2.75, 3.05) is 19.7 Å². The molecule has 238 valence electrons. The number of carbonyl (C=O) groups excluding carboxylic acids is 4. The summed E-state index contributed by atoms with van der Waals surface area (Å²) in [6.45, 7) is 25.2. The lowest BCUT2D eigenvalue weighted by Crippen LogP contribution is -2.40. The molecule has 0 aromatic rings. The van der Waals surface area contributed by atoms with E-state index in [0.29, 0.717) is 24.9 Å². The zero-order valence-corrected chi connectivity index (χ0v) is 27.9. The highest BCUT2D eigenvalue weighted by Gasteiger charge is 2.10. The summed E-state index contributed by atoms with van der Waals surface area (Å²) in [6.07, 6.45) is 6.04. The third kappa shape index (κ3) is 33.7. The summed E-state index contributed by atoms with van der Waals surface area (Å²) in [5.41, 5.74) is 0. The van der Waals surface area contributed by atoms with Crippen molar-refractivity contribution >= 4 is 23.8 Å².